The summed E-state index contributed by atoms with van der Waals surface area (Å²) in [7, 11) is 0. The molecule has 0 spiro atoms. The molecule has 2 atom stereocenters. The van der Waals surface area contributed by atoms with Gasteiger partial charge in [-0.1, -0.05) is 97.1 Å². The predicted molar refractivity (Wildman–Crippen MR) is 286 cm³/mol. The molecule has 2 amide bonds. The number of aromatic nitrogens is 2. The minimum Gasteiger partial charge on any atom is -0.375 e. The van der Waals surface area contributed by atoms with E-state index in [-0.39, 0.29) is 122 Å². The first kappa shape index (κ1) is 56.3. The van der Waals surface area contributed by atoms with Gasteiger partial charge in [0.1, 0.15) is 0 Å². The van der Waals surface area contributed by atoms with Crippen molar-refractivity contribution in [3.8, 4) is 0 Å². The average Bonchev–Trinajstić information content (AvgIpc) is 4.24. The van der Waals surface area contributed by atoms with Crippen LogP contribution in [0, 0.1) is 20.2 Å². The summed E-state index contributed by atoms with van der Waals surface area (Å²) < 4.78 is 91.1. The van der Waals surface area contributed by atoms with Gasteiger partial charge in [0.05, 0.1) is 20.9 Å². The van der Waals surface area contributed by atoms with E-state index in [0.29, 0.717) is 11.1 Å². The number of carbonyl (C=O) groups excluding carboxylic acids is 2. The summed E-state index contributed by atoms with van der Waals surface area (Å²) in [6.45, 7) is 0.253. The van der Waals surface area contributed by atoms with E-state index in [1.54, 1.807) is 119 Å². The Kier molecular flexibility index (Phi) is 16.3. The van der Waals surface area contributed by atoms with Crippen LogP contribution in [-0.4, -0.2) is 138 Å². The maximum absolute atomic E-state index is 14.7. The molecular formula is C58H54F6N8O8. The number of aliphatic hydroxyl groups is 2. The normalized spacial score (nSPS) is 16.1. The van der Waals surface area contributed by atoms with Gasteiger partial charge in [-0.25, -0.2) is 0 Å². The number of piperazine rings is 2. The lowest BCUT2D eigenvalue weighted by atomic mass is 9.91. The summed E-state index contributed by atoms with van der Waals surface area (Å²) in [5.74, 6) is -0.395. The minimum atomic E-state index is -5.04. The summed E-state index contributed by atoms with van der Waals surface area (Å²) in [5.41, 5.74) is -4.77. The zero-order valence-corrected chi connectivity index (χ0v) is 42.8. The molecule has 8 aromatic rings. The van der Waals surface area contributed by atoms with Crippen molar-refractivity contribution in [3.05, 3.63) is 224 Å². The maximum atomic E-state index is 14.7. The SMILES string of the molecule is O=C(c1ccccc1)N1CCN(CC(O)(c2cn(Cc3ccccc3)c3cc([N+](=O)[O-])ccc23)C(F)(F)F)CC1.O=C(c1ccccc1)N1CCN(CC(O)(c2cn(Cc3ccccc3)c3cc([N+](=O)[O-])ccc23)C(F)(F)F)CC1. The van der Waals surface area contributed by atoms with Crippen LogP contribution in [0.2, 0.25) is 0 Å². The number of nitro groups is 2. The monoisotopic (exact) mass is 1100 g/mol. The average molecular weight is 1110 g/mol. The minimum absolute atomic E-state index is 0.0826. The van der Waals surface area contributed by atoms with Crippen LogP contribution >= 0.6 is 0 Å². The molecule has 2 saturated heterocycles. The lowest BCUT2D eigenvalue weighted by Gasteiger charge is -2.40. The number of nitrogens with zero attached hydrogens (tertiary/aromatic N) is 8. The Hall–Kier alpha value is -8.44. The van der Waals surface area contributed by atoms with Gasteiger partial charge in [0.2, 0.25) is 11.2 Å². The largest absolute Gasteiger partial charge is 0.422 e. The molecule has 6 aromatic carbocycles. The van der Waals surface area contributed by atoms with Crippen molar-refractivity contribution in [2.75, 3.05) is 65.4 Å². The summed E-state index contributed by atoms with van der Waals surface area (Å²) in [6, 6.07) is 42.6. The van der Waals surface area contributed by atoms with Crippen molar-refractivity contribution in [1.29, 1.82) is 0 Å². The summed E-state index contributed by atoms with van der Waals surface area (Å²) >= 11 is 0. The van der Waals surface area contributed by atoms with Gasteiger partial charge >= 0.3 is 12.4 Å². The molecule has 0 saturated carbocycles. The highest BCUT2D eigenvalue weighted by molar-refractivity contribution is 5.95. The van der Waals surface area contributed by atoms with Crippen LogP contribution in [0.3, 0.4) is 0 Å². The van der Waals surface area contributed by atoms with Gasteiger partial charge in [0.25, 0.3) is 23.2 Å². The standard InChI is InChI=1S/2C29H27F3N4O4/c2*30-29(31,32)28(38,20-33-13-15-34(16-14-33)27(37)22-9-5-2-6-10-22)25-19-35(18-21-7-3-1-4-8-21)26-17-23(36(39)40)11-12-24(25)26/h2*1-12,17,19,38H,13-16,18,20H2. The number of hydrogen-bond acceptors (Lipinski definition) is 10. The first-order chi connectivity index (χ1) is 38.1. The fourth-order valence-corrected chi connectivity index (χ4v) is 10.3. The van der Waals surface area contributed by atoms with Crippen LogP contribution in [0.1, 0.15) is 43.0 Å². The molecule has 0 aliphatic carbocycles. The van der Waals surface area contributed by atoms with E-state index in [1.165, 1.54) is 55.6 Å². The number of hydrogen-bond donors (Lipinski definition) is 2. The number of rotatable bonds is 14. The molecule has 16 nitrogen and oxygen atoms in total. The zero-order valence-electron chi connectivity index (χ0n) is 42.8. The smallest absolute Gasteiger partial charge is 0.375 e. The molecular weight excluding hydrogens is 1050 g/mol. The Balaban J connectivity index is 0.000000194. The second kappa shape index (κ2) is 23.1. The predicted octanol–water partition coefficient (Wildman–Crippen LogP) is 9.61. The van der Waals surface area contributed by atoms with E-state index in [2.05, 4.69) is 0 Å². The number of amides is 2. The molecule has 10 rings (SSSR count). The third kappa shape index (κ3) is 11.9. The molecule has 0 radical (unpaired) electrons. The van der Waals surface area contributed by atoms with Crippen LogP contribution in [0.25, 0.3) is 21.8 Å². The van der Waals surface area contributed by atoms with Crippen molar-refractivity contribution >= 4 is 45.0 Å². The lowest BCUT2D eigenvalue weighted by Crippen LogP contribution is -2.56. The van der Waals surface area contributed by atoms with Crippen molar-refractivity contribution in [3.63, 3.8) is 0 Å². The van der Waals surface area contributed by atoms with Crippen LogP contribution < -0.4 is 0 Å². The van der Waals surface area contributed by atoms with Gasteiger partial charge in [-0.05, 0) is 47.5 Å². The topological polar surface area (TPSA) is 184 Å². The number of alkyl halides is 6. The molecule has 2 N–H and O–H groups in total. The molecule has 2 aliphatic heterocycles. The van der Waals surface area contributed by atoms with E-state index in [4.69, 9.17) is 0 Å². The van der Waals surface area contributed by atoms with Gasteiger partial charge in [-0.3, -0.25) is 39.6 Å². The summed E-state index contributed by atoms with van der Waals surface area (Å²) in [4.78, 5) is 53.4. The number of β-amino-alcohol motifs (C(OH)–C–C–N with tert-alkyl or cyclic N) is 2. The van der Waals surface area contributed by atoms with Crippen molar-refractivity contribution in [2.45, 2.75) is 36.6 Å². The van der Waals surface area contributed by atoms with E-state index in [9.17, 15) is 66.4 Å². The van der Waals surface area contributed by atoms with Crippen LogP contribution in [0.5, 0.6) is 0 Å². The quantitative estimate of drug-likeness (QED) is 0.0604. The fourth-order valence-electron chi connectivity index (χ4n) is 10.3. The van der Waals surface area contributed by atoms with Crippen molar-refractivity contribution in [2.24, 2.45) is 0 Å². The van der Waals surface area contributed by atoms with Crippen molar-refractivity contribution < 1.29 is 56.0 Å². The highest BCUT2D eigenvalue weighted by atomic mass is 19.4. The van der Waals surface area contributed by atoms with E-state index in [1.807, 2.05) is 12.1 Å². The molecule has 2 aliphatic rings. The molecule has 0 bridgehead atoms. The molecule has 2 unspecified atom stereocenters. The molecule has 80 heavy (non-hydrogen) atoms. The molecule has 416 valence electrons. The third-order valence-electron chi connectivity index (χ3n) is 14.6. The number of non-ortho nitro benzene ring substituents is 2. The lowest BCUT2D eigenvalue weighted by molar-refractivity contribution is -0.384. The Morgan fingerprint density at radius 2 is 0.775 bits per heavy atom. The van der Waals surface area contributed by atoms with Gasteiger partial charge in [0, 0.05) is 148 Å². The number of halogens is 6. The first-order valence-electron chi connectivity index (χ1n) is 25.5. The number of fused-ring (bicyclic) bond motifs is 2. The number of carbonyl (C=O) groups is 2. The van der Waals surface area contributed by atoms with Gasteiger partial charge in [-0.2, -0.15) is 26.3 Å². The highest BCUT2D eigenvalue weighted by Crippen LogP contribution is 2.46. The second-order valence-corrected chi connectivity index (χ2v) is 19.8. The molecule has 2 aromatic heterocycles. The molecule has 22 heteroatoms. The van der Waals surface area contributed by atoms with Crippen LogP contribution in [0.15, 0.2) is 170 Å². The van der Waals surface area contributed by atoms with E-state index >= 15 is 0 Å². The fraction of sp³-hybridized carbons (Fsp3) is 0.276. The summed E-state index contributed by atoms with van der Waals surface area (Å²) in [6.07, 6.45) is -7.61. The Labute approximate surface area is 454 Å². The van der Waals surface area contributed by atoms with Gasteiger partial charge in [0.15, 0.2) is 0 Å². The van der Waals surface area contributed by atoms with Crippen LogP contribution in [-0.2, 0) is 24.3 Å². The van der Waals surface area contributed by atoms with E-state index < -0.39 is 46.5 Å². The highest BCUT2D eigenvalue weighted by Gasteiger charge is 2.58. The zero-order chi connectivity index (χ0) is 57.0. The maximum Gasteiger partial charge on any atom is 0.422 e. The van der Waals surface area contributed by atoms with Gasteiger partial charge in [-0.15, -0.1) is 0 Å². The van der Waals surface area contributed by atoms with Gasteiger partial charge < -0.3 is 29.1 Å². The Morgan fingerprint density at radius 3 is 1.07 bits per heavy atom. The molecule has 2 fully saturated rings. The molecule has 4 heterocycles. The first-order valence-corrected chi connectivity index (χ1v) is 25.5. The van der Waals surface area contributed by atoms with Crippen LogP contribution in [0.4, 0.5) is 37.7 Å². The Bertz CT molecular complexity index is 3270. The van der Waals surface area contributed by atoms with E-state index in [0.717, 1.165) is 23.3 Å². The summed E-state index contributed by atoms with van der Waals surface area (Å²) in [5, 5.41) is 45.8. The number of benzene rings is 6. The third-order valence-corrected chi connectivity index (χ3v) is 14.6. The van der Waals surface area contributed by atoms with Crippen molar-refractivity contribution in [1.82, 2.24) is 28.7 Å². The Morgan fingerprint density at radius 1 is 0.463 bits per heavy atom. The number of nitro benzene ring substituents is 2. The second-order valence-electron chi connectivity index (χ2n) is 19.8.